The molecule has 8 heteroatoms. The number of likely N-dealkylation sites (tertiary alicyclic amines) is 1. The number of ether oxygens (including phenoxy) is 2. The van der Waals surface area contributed by atoms with Gasteiger partial charge in [0, 0.05) is 18.3 Å². The highest BCUT2D eigenvalue weighted by Gasteiger charge is 2.60. The minimum Gasteiger partial charge on any atom is -0.454 e. The van der Waals surface area contributed by atoms with Gasteiger partial charge in [-0.25, -0.2) is 0 Å². The summed E-state index contributed by atoms with van der Waals surface area (Å²) < 4.78 is 10.6. The van der Waals surface area contributed by atoms with E-state index >= 15 is 0 Å². The van der Waals surface area contributed by atoms with E-state index < -0.39 is 35.9 Å². The number of benzene rings is 1. The summed E-state index contributed by atoms with van der Waals surface area (Å²) in [6, 6.07) is 5.27. The average molecular weight is 387 g/mol. The van der Waals surface area contributed by atoms with Crippen LogP contribution < -0.4 is 9.47 Å². The van der Waals surface area contributed by atoms with Gasteiger partial charge in [-0.3, -0.25) is 19.3 Å². The van der Waals surface area contributed by atoms with Crippen molar-refractivity contribution in [3.8, 4) is 11.5 Å². The second-order valence-electron chi connectivity index (χ2n) is 8.07. The van der Waals surface area contributed by atoms with Crippen LogP contribution >= 0.6 is 0 Å². The number of hydrogen-bond donors (Lipinski definition) is 2. The highest BCUT2D eigenvalue weighted by molar-refractivity contribution is 6.06. The maximum absolute atomic E-state index is 13.1. The summed E-state index contributed by atoms with van der Waals surface area (Å²) in [6.45, 7) is 0.243. The van der Waals surface area contributed by atoms with E-state index in [1.165, 1.54) is 4.90 Å². The molecule has 28 heavy (non-hydrogen) atoms. The lowest BCUT2D eigenvalue weighted by Gasteiger charge is -2.44. The first kappa shape index (κ1) is 17.6. The summed E-state index contributed by atoms with van der Waals surface area (Å²) in [5.41, 5.74) is 0.737. The van der Waals surface area contributed by atoms with Gasteiger partial charge in [0.2, 0.25) is 18.6 Å². The van der Waals surface area contributed by atoms with E-state index in [-0.39, 0.29) is 37.4 Å². The molecule has 2 amide bonds. The number of carbonyl (C=O) groups excluding carboxylic acids is 3. The van der Waals surface area contributed by atoms with Crippen LogP contribution in [0.2, 0.25) is 0 Å². The molecule has 4 aliphatic rings. The fourth-order valence-corrected chi connectivity index (χ4v) is 5.29. The fraction of sp³-hybridized carbons (Fsp3) is 0.550. The minimum absolute atomic E-state index is 0.0945. The second kappa shape index (κ2) is 6.28. The molecule has 6 atom stereocenters. The third-order valence-corrected chi connectivity index (χ3v) is 6.63. The first-order chi connectivity index (χ1) is 13.5. The van der Waals surface area contributed by atoms with Crippen LogP contribution in [0.1, 0.15) is 24.8 Å². The number of carbonyl (C=O) groups is 3. The van der Waals surface area contributed by atoms with E-state index in [9.17, 15) is 24.6 Å². The summed E-state index contributed by atoms with van der Waals surface area (Å²) >= 11 is 0. The topological polar surface area (TPSA) is 113 Å². The Morgan fingerprint density at radius 1 is 1.00 bits per heavy atom. The Bertz CT molecular complexity index is 868. The first-order valence-corrected chi connectivity index (χ1v) is 9.58. The molecule has 0 bridgehead atoms. The van der Waals surface area contributed by atoms with Gasteiger partial charge in [-0.15, -0.1) is 0 Å². The van der Waals surface area contributed by atoms with Gasteiger partial charge in [0.1, 0.15) is 5.78 Å². The van der Waals surface area contributed by atoms with Gasteiger partial charge in [-0.05, 0) is 30.5 Å². The number of amides is 2. The van der Waals surface area contributed by atoms with Crippen molar-refractivity contribution in [3.05, 3.63) is 23.8 Å². The van der Waals surface area contributed by atoms with E-state index in [2.05, 4.69) is 0 Å². The molecule has 148 valence electrons. The Balaban J connectivity index is 1.43. The van der Waals surface area contributed by atoms with Gasteiger partial charge in [0.15, 0.2) is 11.5 Å². The fourth-order valence-electron chi connectivity index (χ4n) is 5.29. The van der Waals surface area contributed by atoms with Crippen LogP contribution in [0.25, 0.3) is 0 Å². The van der Waals surface area contributed by atoms with Crippen molar-refractivity contribution >= 4 is 17.6 Å². The monoisotopic (exact) mass is 387 g/mol. The number of hydrogen-bond acceptors (Lipinski definition) is 7. The predicted molar refractivity (Wildman–Crippen MR) is 93.0 cm³/mol. The summed E-state index contributed by atoms with van der Waals surface area (Å²) in [7, 11) is 0. The molecular formula is C20H21NO7. The number of aliphatic hydroxyl groups is 2. The number of aliphatic hydroxyl groups excluding tert-OH is 2. The lowest BCUT2D eigenvalue weighted by atomic mass is 9.60. The Labute approximate surface area is 161 Å². The van der Waals surface area contributed by atoms with Gasteiger partial charge in [0.05, 0.1) is 30.6 Å². The number of imide groups is 1. The molecule has 8 nitrogen and oxygen atoms in total. The predicted octanol–water partition coefficient (Wildman–Crippen LogP) is 0.237. The van der Waals surface area contributed by atoms with E-state index in [0.717, 1.165) is 5.56 Å². The normalized spacial score (nSPS) is 36.5. The lowest BCUT2D eigenvalue weighted by Crippen LogP contribution is -2.54. The summed E-state index contributed by atoms with van der Waals surface area (Å²) in [5, 5.41) is 20.6. The van der Waals surface area contributed by atoms with Crippen LogP contribution in [0.5, 0.6) is 11.5 Å². The molecular weight excluding hydrogens is 366 g/mol. The number of rotatable bonds is 2. The molecule has 2 N–H and O–H groups in total. The van der Waals surface area contributed by atoms with Gasteiger partial charge in [0.25, 0.3) is 0 Å². The highest BCUT2D eigenvalue weighted by atomic mass is 16.7. The average Bonchev–Trinajstić information content (AvgIpc) is 3.24. The van der Waals surface area contributed by atoms with E-state index in [1.54, 1.807) is 18.2 Å². The van der Waals surface area contributed by atoms with Crippen molar-refractivity contribution in [2.24, 2.45) is 23.7 Å². The summed E-state index contributed by atoms with van der Waals surface area (Å²) in [5.74, 6) is -2.05. The Kier molecular flexibility index (Phi) is 3.96. The van der Waals surface area contributed by atoms with Gasteiger partial charge >= 0.3 is 0 Å². The van der Waals surface area contributed by atoms with E-state index in [4.69, 9.17) is 9.47 Å². The van der Waals surface area contributed by atoms with Gasteiger partial charge < -0.3 is 19.7 Å². The molecule has 0 spiro atoms. The third-order valence-electron chi connectivity index (χ3n) is 6.63. The van der Waals surface area contributed by atoms with Crippen LogP contribution in [0.3, 0.4) is 0 Å². The molecule has 1 aromatic rings. The minimum atomic E-state index is -1.18. The Morgan fingerprint density at radius 2 is 1.75 bits per heavy atom. The van der Waals surface area contributed by atoms with Crippen LogP contribution in [-0.4, -0.2) is 51.7 Å². The van der Waals surface area contributed by atoms with Crippen LogP contribution in [0, 0.1) is 23.7 Å². The molecule has 1 unspecified atom stereocenters. The van der Waals surface area contributed by atoms with Crippen molar-refractivity contribution in [2.45, 2.75) is 38.0 Å². The first-order valence-electron chi connectivity index (χ1n) is 9.58. The van der Waals surface area contributed by atoms with Crippen LogP contribution in [-0.2, 0) is 20.9 Å². The quantitative estimate of drug-likeness (QED) is 0.699. The molecule has 2 aliphatic carbocycles. The second-order valence-corrected chi connectivity index (χ2v) is 8.07. The Morgan fingerprint density at radius 3 is 2.57 bits per heavy atom. The number of Topliss-reactive ketones (excluding diaryl/α,β-unsaturated/α-hetero) is 1. The molecule has 1 saturated heterocycles. The van der Waals surface area contributed by atoms with Crippen molar-refractivity contribution < 1.29 is 34.1 Å². The van der Waals surface area contributed by atoms with Gasteiger partial charge in [-0.1, -0.05) is 6.07 Å². The van der Waals surface area contributed by atoms with Crippen molar-refractivity contribution in [3.63, 3.8) is 0 Å². The molecule has 1 aromatic carbocycles. The number of fused-ring (bicyclic) bond motifs is 4. The van der Waals surface area contributed by atoms with Crippen molar-refractivity contribution in [1.82, 2.24) is 4.90 Å². The zero-order chi connectivity index (χ0) is 19.6. The highest BCUT2D eigenvalue weighted by Crippen LogP contribution is 2.49. The number of nitrogens with zero attached hydrogens (tertiary/aromatic N) is 1. The maximum Gasteiger partial charge on any atom is 0.233 e. The summed E-state index contributed by atoms with van der Waals surface area (Å²) in [4.78, 5) is 39.7. The SMILES string of the molecule is O=C1C[C@@H](O)C(O)[C@@H]2[C@@H]3C(=O)N(Cc4ccc5c(c4)OCO5)C(=O)[C@@H]3CC[C@@H]12. The third kappa shape index (κ3) is 2.48. The molecule has 3 fully saturated rings. The molecule has 2 saturated carbocycles. The Hall–Kier alpha value is -2.45. The smallest absolute Gasteiger partial charge is 0.233 e. The molecule has 0 radical (unpaired) electrons. The van der Waals surface area contributed by atoms with Crippen LogP contribution in [0.15, 0.2) is 18.2 Å². The standard InChI is InChI=1S/C20H21NO7/c22-12-6-13(23)18(24)16-10(12)2-3-11-17(16)20(26)21(19(11)25)7-9-1-4-14-15(5-9)28-8-27-14/h1,4-5,10-11,13,16-18,23-24H,2-3,6-8H2/t10-,11+,13+,16-,17+,18?/m0/s1. The largest absolute Gasteiger partial charge is 0.454 e. The maximum atomic E-state index is 13.1. The number of ketones is 1. The van der Waals surface area contributed by atoms with E-state index in [1.807, 2.05) is 0 Å². The van der Waals surface area contributed by atoms with Crippen molar-refractivity contribution in [2.75, 3.05) is 6.79 Å². The zero-order valence-corrected chi connectivity index (χ0v) is 15.1. The summed E-state index contributed by atoms with van der Waals surface area (Å²) in [6.07, 6.45) is -1.53. The zero-order valence-electron chi connectivity index (χ0n) is 15.1. The van der Waals surface area contributed by atoms with Gasteiger partial charge in [-0.2, -0.15) is 0 Å². The molecule has 2 heterocycles. The molecule has 2 aliphatic heterocycles. The molecule has 0 aromatic heterocycles. The van der Waals surface area contributed by atoms with Crippen molar-refractivity contribution in [1.29, 1.82) is 0 Å². The lowest BCUT2D eigenvalue weighted by molar-refractivity contribution is -0.156. The molecule has 5 rings (SSSR count). The van der Waals surface area contributed by atoms with Crippen LogP contribution in [0.4, 0.5) is 0 Å². The van der Waals surface area contributed by atoms with E-state index in [0.29, 0.717) is 24.3 Å².